The minimum Gasteiger partial charge on any atom is -0.451 e. The molecule has 0 spiro atoms. The lowest BCUT2D eigenvalue weighted by atomic mass is 9.95. The van der Waals surface area contributed by atoms with Crippen LogP contribution in [0.25, 0.3) is 0 Å². The molecule has 3 aliphatic heterocycles. The molecule has 3 fully saturated rings. The molecule has 2 aromatic rings. The molecule has 2 bridgehead atoms. The van der Waals surface area contributed by atoms with Gasteiger partial charge in [0.1, 0.15) is 11.3 Å². The van der Waals surface area contributed by atoms with Gasteiger partial charge in [0.05, 0.1) is 4.90 Å². The fourth-order valence-electron chi connectivity index (χ4n) is 6.05. The van der Waals surface area contributed by atoms with Crippen LogP contribution in [0.5, 0.6) is 11.5 Å². The number of rotatable bonds is 8. The summed E-state index contributed by atoms with van der Waals surface area (Å²) in [5.41, 5.74) is -0.300. The summed E-state index contributed by atoms with van der Waals surface area (Å²) in [5, 5.41) is 9.95. The van der Waals surface area contributed by atoms with Gasteiger partial charge in [-0.3, -0.25) is 14.8 Å². The zero-order valence-corrected chi connectivity index (χ0v) is 23.8. The van der Waals surface area contributed by atoms with Gasteiger partial charge >= 0.3 is 0 Å². The summed E-state index contributed by atoms with van der Waals surface area (Å²) in [6.07, 6.45) is 3.74. The quantitative estimate of drug-likeness (QED) is 0.346. The number of carbonyl (C=O) groups excluding carboxylic acids is 2. The van der Waals surface area contributed by atoms with E-state index in [9.17, 15) is 23.2 Å². The van der Waals surface area contributed by atoms with Gasteiger partial charge in [-0.05, 0) is 75.2 Å². The largest absolute Gasteiger partial charge is 0.451 e. The van der Waals surface area contributed by atoms with E-state index in [0.29, 0.717) is 23.7 Å². The first-order chi connectivity index (χ1) is 19.5. The molecule has 3 heterocycles. The third-order valence-electron chi connectivity index (χ3n) is 8.06. The first-order valence-corrected chi connectivity index (χ1v) is 15.3. The van der Waals surface area contributed by atoms with E-state index in [2.05, 4.69) is 4.90 Å². The predicted octanol–water partition coefficient (Wildman–Crippen LogP) is 3.53. The molecular formula is C27H31ClF2N4O6S. The number of hydrogen-bond acceptors (Lipinski definition) is 7. The summed E-state index contributed by atoms with van der Waals surface area (Å²) in [6, 6.07) is 6.15. The Bertz CT molecular complexity index is 1400. The van der Waals surface area contributed by atoms with Gasteiger partial charge < -0.3 is 14.5 Å². The molecule has 0 aromatic heterocycles. The average Bonchev–Trinajstić information content (AvgIpc) is 3.22. The first-order valence-electron chi connectivity index (χ1n) is 13.5. The Hall–Kier alpha value is -2.84. The lowest BCUT2D eigenvalue weighted by molar-refractivity contribution is -0.146. The van der Waals surface area contributed by atoms with E-state index in [1.54, 1.807) is 5.48 Å². The lowest BCUT2D eigenvalue weighted by Gasteiger charge is -2.46. The number of nitrogens with one attached hydrogen (secondary N) is 1. The number of nitrogens with zero attached hydrogens (tertiary/aromatic N) is 3. The molecule has 0 radical (unpaired) electrons. The number of carbonyl (C=O) groups is 2. The number of benzene rings is 2. The van der Waals surface area contributed by atoms with E-state index in [-0.39, 0.29) is 44.0 Å². The Balaban J connectivity index is 1.40. The van der Waals surface area contributed by atoms with Crippen LogP contribution in [0.4, 0.5) is 8.78 Å². The summed E-state index contributed by atoms with van der Waals surface area (Å²) in [7, 11) is -4.67. The normalized spacial score (nSPS) is 23.4. The SMILES string of the molecule is O=C(CCN1CCCCC1)N1CC2CCC(C(=O)NO)(C1)N2S(=O)(=O)c1cc(F)c(Oc2ccc(Cl)cc2)c(F)c1. The molecule has 2 amide bonds. The second-order valence-electron chi connectivity index (χ2n) is 10.7. The van der Waals surface area contributed by atoms with Crippen molar-refractivity contribution in [1.29, 1.82) is 0 Å². The smallest absolute Gasteiger partial charge is 0.266 e. The third-order valence-corrected chi connectivity index (χ3v) is 10.3. The van der Waals surface area contributed by atoms with Crippen molar-refractivity contribution in [3.63, 3.8) is 0 Å². The Morgan fingerprint density at radius 1 is 1.10 bits per heavy atom. The van der Waals surface area contributed by atoms with E-state index in [4.69, 9.17) is 16.3 Å². The number of halogens is 3. The zero-order chi connectivity index (χ0) is 29.4. The summed E-state index contributed by atoms with van der Waals surface area (Å²) in [4.78, 5) is 29.1. The van der Waals surface area contributed by atoms with Crippen molar-refractivity contribution in [2.24, 2.45) is 0 Å². The number of sulfonamides is 1. The number of amides is 2. The van der Waals surface area contributed by atoms with Crippen molar-refractivity contribution >= 4 is 33.4 Å². The summed E-state index contributed by atoms with van der Waals surface area (Å²) >= 11 is 5.83. The fraction of sp³-hybridized carbons (Fsp3) is 0.481. The van der Waals surface area contributed by atoms with Gasteiger partial charge in [-0.15, -0.1) is 0 Å². The molecule has 2 aromatic carbocycles. The van der Waals surface area contributed by atoms with Gasteiger partial charge in [0.15, 0.2) is 17.4 Å². The molecule has 0 saturated carbocycles. The van der Waals surface area contributed by atoms with Gasteiger partial charge in [-0.25, -0.2) is 22.7 Å². The van der Waals surface area contributed by atoms with Gasteiger partial charge in [0, 0.05) is 37.1 Å². The van der Waals surface area contributed by atoms with Crippen LogP contribution in [0.3, 0.4) is 0 Å². The molecule has 3 saturated heterocycles. The van der Waals surface area contributed by atoms with Crippen LogP contribution in [0.1, 0.15) is 38.5 Å². The van der Waals surface area contributed by atoms with Crippen LogP contribution in [0.15, 0.2) is 41.3 Å². The number of piperidine rings is 1. The minimum atomic E-state index is -4.67. The van der Waals surface area contributed by atoms with Crippen molar-refractivity contribution in [1.82, 2.24) is 19.6 Å². The first kappa shape index (κ1) is 29.6. The topological polar surface area (TPSA) is 119 Å². The predicted molar refractivity (Wildman–Crippen MR) is 144 cm³/mol. The molecule has 3 aliphatic rings. The average molecular weight is 613 g/mol. The summed E-state index contributed by atoms with van der Waals surface area (Å²) in [6.45, 7) is 2.10. The van der Waals surface area contributed by atoms with Crippen LogP contribution in [-0.2, 0) is 19.6 Å². The van der Waals surface area contributed by atoms with E-state index < -0.39 is 49.8 Å². The highest BCUT2D eigenvalue weighted by Crippen LogP contribution is 2.44. The maximum atomic E-state index is 15.1. The van der Waals surface area contributed by atoms with Crippen molar-refractivity contribution in [3.05, 3.63) is 53.1 Å². The van der Waals surface area contributed by atoms with Crippen LogP contribution in [0.2, 0.25) is 5.02 Å². The molecule has 5 rings (SSSR count). The van der Waals surface area contributed by atoms with Gasteiger partial charge in [0.2, 0.25) is 15.9 Å². The van der Waals surface area contributed by atoms with E-state index in [1.165, 1.54) is 29.2 Å². The summed E-state index contributed by atoms with van der Waals surface area (Å²) < 4.78 is 64.0. The second-order valence-corrected chi connectivity index (χ2v) is 12.9. The van der Waals surface area contributed by atoms with E-state index in [0.717, 1.165) is 36.7 Å². The van der Waals surface area contributed by atoms with E-state index in [1.807, 2.05) is 0 Å². The molecular weight excluding hydrogens is 582 g/mol. The van der Waals surface area contributed by atoms with Crippen LogP contribution < -0.4 is 10.2 Å². The second kappa shape index (κ2) is 11.8. The molecule has 2 atom stereocenters. The highest BCUT2D eigenvalue weighted by molar-refractivity contribution is 7.89. The van der Waals surface area contributed by atoms with Gasteiger partial charge in [0.25, 0.3) is 5.91 Å². The van der Waals surface area contributed by atoms with Crippen molar-refractivity contribution in [3.8, 4) is 11.5 Å². The Kier molecular flexibility index (Phi) is 8.53. The molecule has 14 heteroatoms. The maximum Gasteiger partial charge on any atom is 0.266 e. The van der Waals surface area contributed by atoms with E-state index >= 15 is 8.78 Å². The van der Waals surface area contributed by atoms with Crippen LogP contribution in [-0.4, -0.2) is 83.8 Å². The number of hydroxylamine groups is 1. The minimum absolute atomic E-state index is 0.0151. The Labute approximate surface area is 241 Å². The zero-order valence-electron chi connectivity index (χ0n) is 22.2. The lowest BCUT2D eigenvalue weighted by Crippen LogP contribution is -2.69. The highest BCUT2D eigenvalue weighted by Gasteiger charge is 2.61. The maximum absolute atomic E-state index is 15.1. The molecule has 2 unspecified atom stereocenters. The number of ether oxygens (including phenoxy) is 1. The molecule has 0 aliphatic carbocycles. The number of hydrogen-bond donors (Lipinski definition) is 2. The molecule has 10 nitrogen and oxygen atoms in total. The standard InChI is InChI=1S/C27H31ClF2N4O6S/c28-18-4-6-20(7-5-18)40-25-22(29)14-21(15-23(25)30)41(38,39)34-19-8-10-27(34,26(36)31-37)17-33(16-19)24(35)9-13-32-11-2-1-3-12-32/h4-7,14-15,19,37H,1-3,8-13,16-17H2,(H,31,36). The molecule has 2 N–H and O–H groups in total. The number of piperazine rings is 1. The van der Waals surface area contributed by atoms with Crippen molar-refractivity contribution in [2.75, 3.05) is 32.7 Å². The van der Waals surface area contributed by atoms with Crippen LogP contribution >= 0.6 is 11.6 Å². The van der Waals surface area contributed by atoms with Crippen molar-refractivity contribution in [2.45, 2.75) is 55.0 Å². The van der Waals surface area contributed by atoms with Crippen LogP contribution in [0, 0.1) is 11.6 Å². The van der Waals surface area contributed by atoms with Gasteiger partial charge in [-0.2, -0.15) is 4.31 Å². The Morgan fingerprint density at radius 2 is 1.76 bits per heavy atom. The summed E-state index contributed by atoms with van der Waals surface area (Å²) in [5.74, 6) is -4.49. The Morgan fingerprint density at radius 3 is 2.39 bits per heavy atom. The monoisotopic (exact) mass is 612 g/mol. The highest BCUT2D eigenvalue weighted by atomic mass is 35.5. The third kappa shape index (κ3) is 5.78. The molecule has 222 valence electrons. The molecule has 41 heavy (non-hydrogen) atoms. The number of fused-ring (bicyclic) bond motifs is 2. The fourth-order valence-corrected chi connectivity index (χ4v) is 8.16. The number of likely N-dealkylation sites (tertiary alicyclic amines) is 2. The van der Waals surface area contributed by atoms with Crippen molar-refractivity contribution < 1.29 is 36.7 Å². The van der Waals surface area contributed by atoms with Gasteiger partial charge in [-0.1, -0.05) is 18.0 Å².